The van der Waals surface area contributed by atoms with Gasteiger partial charge < -0.3 is 4.55 Å². The van der Waals surface area contributed by atoms with E-state index in [1.54, 1.807) is 4.72 Å². The maximum absolute atomic E-state index is 13.7. The lowest BCUT2D eigenvalue weighted by Crippen LogP contribution is -2.09. The van der Waals surface area contributed by atoms with Crippen LogP contribution in [-0.4, -0.2) is 13.7 Å². The van der Waals surface area contributed by atoms with Crippen molar-refractivity contribution < 1.29 is 30.7 Å². The van der Waals surface area contributed by atoms with Crippen molar-refractivity contribution in [2.24, 2.45) is 0 Å². The Morgan fingerprint density at radius 1 is 1.00 bits per heavy atom. The van der Waals surface area contributed by atoms with Crippen molar-refractivity contribution in [3.05, 3.63) is 47.4 Å². The van der Waals surface area contributed by atoms with E-state index in [0.29, 0.717) is 0 Å². The molecular weight excluding hydrogens is 319 g/mol. The van der Waals surface area contributed by atoms with Crippen LogP contribution in [-0.2, 0) is 11.3 Å². The van der Waals surface area contributed by atoms with E-state index in [1.165, 1.54) is 0 Å². The van der Waals surface area contributed by atoms with Gasteiger partial charge in [-0.2, -0.15) is 0 Å². The van der Waals surface area contributed by atoms with Crippen LogP contribution in [0.2, 0.25) is 0 Å². The minimum absolute atomic E-state index is 0.575. The number of anilines is 1. The van der Waals surface area contributed by atoms with E-state index >= 15 is 0 Å². The fourth-order valence-electron chi connectivity index (χ4n) is 1.61. The number of benzene rings is 1. The zero-order valence-electron chi connectivity index (χ0n) is 9.79. The van der Waals surface area contributed by atoms with E-state index in [0.717, 1.165) is 18.3 Å². The lowest BCUT2D eigenvalue weighted by atomic mass is 10.0. The molecule has 4 nitrogen and oxygen atoms in total. The predicted molar refractivity (Wildman–Crippen MR) is 62.0 cm³/mol. The molecule has 0 fully saturated rings. The van der Waals surface area contributed by atoms with Crippen LogP contribution in [0, 0.1) is 29.1 Å². The third-order valence-corrected chi connectivity index (χ3v) is 2.83. The first-order valence-corrected chi connectivity index (χ1v) is 6.24. The Bertz CT molecular complexity index is 712. The van der Waals surface area contributed by atoms with Crippen LogP contribution in [0.15, 0.2) is 18.3 Å². The molecule has 0 saturated heterocycles. The Balaban J connectivity index is 2.77. The second kappa shape index (κ2) is 5.74. The Kier molecular flexibility index (Phi) is 4.19. The zero-order valence-corrected chi connectivity index (χ0v) is 10.6. The van der Waals surface area contributed by atoms with Gasteiger partial charge in [-0.15, -0.1) is 0 Å². The first-order valence-electron chi connectivity index (χ1n) is 5.17. The van der Waals surface area contributed by atoms with E-state index in [-0.39, 0.29) is 0 Å². The molecule has 10 heteroatoms. The quantitative estimate of drug-likeness (QED) is 0.409. The standard InChI is InChI=1S/C11H5F5N2O2S/c12-6-5(7(13)9(15)10(16)8(6)14)4-2-1-3-17-11(4)18-21(19)20/h1-3H,(H,17,18)(H,19,20)/p-1. The van der Waals surface area contributed by atoms with Crippen LogP contribution in [0.5, 0.6) is 0 Å². The zero-order chi connectivity index (χ0) is 15.7. The molecule has 0 saturated carbocycles. The summed E-state index contributed by atoms with van der Waals surface area (Å²) in [5.41, 5.74) is -1.86. The third-order valence-electron chi connectivity index (χ3n) is 2.47. The summed E-state index contributed by atoms with van der Waals surface area (Å²) >= 11 is -2.90. The molecule has 2 aromatic rings. The molecule has 1 atom stereocenters. The second-order valence-electron chi connectivity index (χ2n) is 3.68. The average Bonchev–Trinajstić information content (AvgIpc) is 2.44. The number of aromatic nitrogens is 1. The van der Waals surface area contributed by atoms with Gasteiger partial charge in [0, 0.05) is 23.0 Å². The Labute approximate surface area is 117 Å². The Morgan fingerprint density at radius 3 is 2.05 bits per heavy atom. The number of hydrogen-bond donors (Lipinski definition) is 1. The van der Waals surface area contributed by atoms with Crippen molar-refractivity contribution in [3.8, 4) is 11.1 Å². The van der Waals surface area contributed by atoms with Gasteiger partial charge in [-0.25, -0.2) is 26.9 Å². The number of pyridine rings is 1. The van der Waals surface area contributed by atoms with E-state index in [9.17, 15) is 30.7 Å². The van der Waals surface area contributed by atoms with Crippen LogP contribution in [0.3, 0.4) is 0 Å². The fraction of sp³-hybridized carbons (Fsp3) is 0. The van der Waals surface area contributed by atoms with Gasteiger partial charge in [-0.1, -0.05) is 0 Å². The van der Waals surface area contributed by atoms with Gasteiger partial charge in [0.1, 0.15) is 5.82 Å². The number of nitrogens with one attached hydrogen (secondary N) is 1. The van der Waals surface area contributed by atoms with Crippen molar-refractivity contribution in [1.82, 2.24) is 4.98 Å². The van der Waals surface area contributed by atoms with Crippen LogP contribution >= 0.6 is 0 Å². The summed E-state index contributed by atoms with van der Waals surface area (Å²) < 4.78 is 89.5. The molecule has 0 aliphatic rings. The highest BCUT2D eigenvalue weighted by molar-refractivity contribution is 7.80. The molecule has 1 N–H and O–H groups in total. The molecular formula is C11H4F5N2O2S-. The molecule has 0 spiro atoms. The minimum Gasteiger partial charge on any atom is -0.755 e. The Morgan fingerprint density at radius 2 is 1.52 bits per heavy atom. The molecule has 1 unspecified atom stereocenters. The smallest absolute Gasteiger partial charge is 0.200 e. The van der Waals surface area contributed by atoms with Gasteiger partial charge in [-0.3, -0.25) is 8.93 Å². The van der Waals surface area contributed by atoms with Gasteiger partial charge in [-0.05, 0) is 12.1 Å². The molecule has 1 aromatic heterocycles. The maximum Gasteiger partial charge on any atom is 0.200 e. The monoisotopic (exact) mass is 323 g/mol. The summed E-state index contributed by atoms with van der Waals surface area (Å²) in [6.45, 7) is 0. The summed E-state index contributed by atoms with van der Waals surface area (Å²) in [6, 6.07) is 2.10. The van der Waals surface area contributed by atoms with Crippen molar-refractivity contribution in [3.63, 3.8) is 0 Å². The summed E-state index contributed by atoms with van der Waals surface area (Å²) in [5.74, 6) is -11.3. The average molecular weight is 323 g/mol. The summed E-state index contributed by atoms with van der Waals surface area (Å²) in [5, 5.41) is 0. The van der Waals surface area contributed by atoms with Crippen LogP contribution in [0.25, 0.3) is 11.1 Å². The lowest BCUT2D eigenvalue weighted by molar-refractivity contribution is 0.381. The van der Waals surface area contributed by atoms with Gasteiger partial charge in [0.2, 0.25) is 5.82 Å². The van der Waals surface area contributed by atoms with E-state index in [1.807, 2.05) is 0 Å². The van der Waals surface area contributed by atoms with Gasteiger partial charge in [0.25, 0.3) is 0 Å². The second-order valence-corrected chi connectivity index (χ2v) is 4.35. The van der Waals surface area contributed by atoms with Crippen molar-refractivity contribution in [2.75, 3.05) is 4.72 Å². The lowest BCUT2D eigenvalue weighted by Gasteiger charge is -2.14. The molecule has 2 rings (SSSR count). The Hall–Kier alpha value is -2.07. The highest BCUT2D eigenvalue weighted by Crippen LogP contribution is 2.34. The van der Waals surface area contributed by atoms with Crippen LogP contribution in [0.1, 0.15) is 0 Å². The van der Waals surface area contributed by atoms with Crippen molar-refractivity contribution in [2.45, 2.75) is 0 Å². The molecule has 0 aliphatic heterocycles. The molecule has 0 radical (unpaired) electrons. The summed E-state index contributed by atoms with van der Waals surface area (Å²) in [6.07, 6.45) is 1.07. The molecule has 1 heterocycles. The molecule has 21 heavy (non-hydrogen) atoms. The van der Waals surface area contributed by atoms with E-state index in [4.69, 9.17) is 0 Å². The molecule has 0 aliphatic carbocycles. The SMILES string of the molecule is O=S([O-])Nc1ncccc1-c1c(F)c(F)c(F)c(F)c1F. The predicted octanol–water partition coefficient (Wildman–Crippen LogP) is 2.65. The van der Waals surface area contributed by atoms with Gasteiger partial charge in [0.05, 0.1) is 5.56 Å². The van der Waals surface area contributed by atoms with Gasteiger partial charge in [0.15, 0.2) is 23.3 Å². The largest absolute Gasteiger partial charge is 0.755 e. The number of hydrogen-bond acceptors (Lipinski definition) is 3. The van der Waals surface area contributed by atoms with Gasteiger partial charge >= 0.3 is 0 Å². The topological polar surface area (TPSA) is 65.0 Å². The molecule has 0 bridgehead atoms. The van der Waals surface area contributed by atoms with E-state index in [2.05, 4.69) is 4.98 Å². The highest BCUT2D eigenvalue weighted by atomic mass is 32.2. The maximum atomic E-state index is 13.7. The fourth-order valence-corrected chi connectivity index (χ4v) is 1.93. The summed E-state index contributed by atoms with van der Waals surface area (Å²) in [7, 11) is 0. The van der Waals surface area contributed by atoms with Crippen molar-refractivity contribution >= 4 is 17.1 Å². The number of halogens is 5. The molecule has 0 amide bonds. The third kappa shape index (κ3) is 2.72. The number of rotatable bonds is 3. The normalized spacial score (nSPS) is 12.3. The summed E-state index contributed by atoms with van der Waals surface area (Å²) in [4.78, 5) is 3.48. The molecule has 112 valence electrons. The molecule has 1 aromatic carbocycles. The number of nitrogens with zero attached hydrogens (tertiary/aromatic N) is 1. The van der Waals surface area contributed by atoms with Crippen molar-refractivity contribution in [1.29, 1.82) is 0 Å². The minimum atomic E-state index is -2.90. The first kappa shape index (κ1) is 15.3. The van der Waals surface area contributed by atoms with E-state index < -0.39 is 57.3 Å². The van der Waals surface area contributed by atoms with Crippen LogP contribution < -0.4 is 4.72 Å². The highest BCUT2D eigenvalue weighted by Gasteiger charge is 2.28. The first-order chi connectivity index (χ1) is 9.84. The van der Waals surface area contributed by atoms with Crippen LogP contribution in [0.4, 0.5) is 27.8 Å².